The molecule has 1 heterocycles. The topological polar surface area (TPSA) is 13.1 Å². The van der Waals surface area contributed by atoms with Gasteiger partial charge in [0.15, 0.2) is 0 Å². The van der Waals surface area contributed by atoms with E-state index >= 15 is 0 Å². The molecule has 0 unspecified atom stereocenters. The molecule has 0 N–H and O–H groups in total. The number of aryl methyl sites for hydroxylation is 1. The van der Waals surface area contributed by atoms with Crippen LogP contribution in [0.15, 0.2) is 71.3 Å². The van der Waals surface area contributed by atoms with Crippen molar-refractivity contribution in [3.05, 3.63) is 72.5 Å². The van der Waals surface area contributed by atoms with Crippen LogP contribution in [0, 0.1) is 6.92 Å². The fourth-order valence-electron chi connectivity index (χ4n) is 2.15. The third-order valence-electron chi connectivity index (χ3n) is 3.15. The average molecular weight is 234 g/mol. The smallest absolute Gasteiger partial charge is 0.133 e. The predicted molar refractivity (Wildman–Crippen MR) is 74.3 cm³/mol. The van der Waals surface area contributed by atoms with Gasteiger partial charge in [0.25, 0.3) is 0 Å². The lowest BCUT2D eigenvalue weighted by Gasteiger charge is -2.06. The molecule has 0 aliphatic rings. The lowest BCUT2D eigenvalue weighted by atomic mass is 9.99. The Kier molecular flexibility index (Phi) is 2.73. The van der Waals surface area contributed by atoms with Gasteiger partial charge in [0.2, 0.25) is 0 Å². The van der Waals surface area contributed by atoms with E-state index in [9.17, 15) is 0 Å². The molecule has 0 saturated carbocycles. The lowest BCUT2D eigenvalue weighted by molar-refractivity contribution is 0.582. The van der Waals surface area contributed by atoms with Crippen LogP contribution < -0.4 is 0 Å². The molecule has 0 radical (unpaired) electrons. The minimum Gasteiger partial charge on any atom is -0.464 e. The molecule has 0 spiro atoms. The van der Waals surface area contributed by atoms with Gasteiger partial charge in [-0.3, -0.25) is 0 Å². The van der Waals surface area contributed by atoms with E-state index in [0.717, 1.165) is 11.3 Å². The summed E-state index contributed by atoms with van der Waals surface area (Å²) in [4.78, 5) is 0. The molecule has 3 aromatic rings. The molecular weight excluding hydrogens is 220 g/mol. The Hall–Kier alpha value is -2.28. The molecule has 3 rings (SSSR count). The summed E-state index contributed by atoms with van der Waals surface area (Å²) < 4.78 is 5.39. The summed E-state index contributed by atoms with van der Waals surface area (Å²) in [6.45, 7) is 2.13. The molecule has 0 atom stereocenters. The van der Waals surface area contributed by atoms with Gasteiger partial charge in [-0.2, -0.15) is 0 Å². The van der Waals surface area contributed by atoms with Crippen LogP contribution in [-0.4, -0.2) is 0 Å². The first-order chi connectivity index (χ1) is 8.84. The second-order valence-corrected chi connectivity index (χ2v) is 4.37. The summed E-state index contributed by atoms with van der Waals surface area (Å²) in [5.41, 5.74) is 4.92. The average Bonchev–Trinajstić information content (AvgIpc) is 2.94. The Balaban J connectivity index is 1.99. The van der Waals surface area contributed by atoms with Gasteiger partial charge in [-0.05, 0) is 35.7 Å². The Morgan fingerprint density at radius 2 is 1.44 bits per heavy atom. The summed E-state index contributed by atoms with van der Waals surface area (Å²) in [6.07, 6.45) is 1.70. The monoisotopic (exact) mass is 234 g/mol. The van der Waals surface area contributed by atoms with Gasteiger partial charge in [-0.1, -0.05) is 48.5 Å². The number of furan rings is 1. The largest absolute Gasteiger partial charge is 0.464 e. The number of rotatable bonds is 2. The van der Waals surface area contributed by atoms with E-state index in [1.165, 1.54) is 16.7 Å². The van der Waals surface area contributed by atoms with Crippen molar-refractivity contribution in [2.45, 2.75) is 6.92 Å². The number of hydrogen-bond acceptors (Lipinski definition) is 1. The third-order valence-corrected chi connectivity index (χ3v) is 3.15. The van der Waals surface area contributed by atoms with Crippen molar-refractivity contribution in [3.63, 3.8) is 0 Å². The Morgan fingerprint density at radius 1 is 0.722 bits per heavy atom. The molecule has 88 valence electrons. The SMILES string of the molecule is Cc1ccccc1-c1ccc(-c2ccco2)cc1. The molecular formula is C17H14O. The van der Waals surface area contributed by atoms with Crippen LogP contribution in [0.5, 0.6) is 0 Å². The Morgan fingerprint density at radius 3 is 2.11 bits per heavy atom. The standard InChI is InChI=1S/C17H14O/c1-13-5-2-3-6-16(13)14-8-10-15(11-9-14)17-7-4-12-18-17/h2-12H,1H3. The Bertz CT molecular complexity index is 634. The van der Waals surface area contributed by atoms with E-state index in [1.54, 1.807) is 6.26 Å². The lowest BCUT2D eigenvalue weighted by Crippen LogP contribution is -1.82. The van der Waals surface area contributed by atoms with Gasteiger partial charge in [-0.15, -0.1) is 0 Å². The fourth-order valence-corrected chi connectivity index (χ4v) is 2.15. The molecule has 0 amide bonds. The summed E-state index contributed by atoms with van der Waals surface area (Å²) >= 11 is 0. The molecule has 18 heavy (non-hydrogen) atoms. The van der Waals surface area contributed by atoms with Crippen LogP contribution in [0.1, 0.15) is 5.56 Å². The van der Waals surface area contributed by atoms with Crippen LogP contribution in [0.3, 0.4) is 0 Å². The molecule has 1 heteroatoms. The maximum atomic E-state index is 5.39. The Labute approximate surface area is 107 Å². The highest BCUT2D eigenvalue weighted by molar-refractivity contribution is 5.70. The van der Waals surface area contributed by atoms with Gasteiger partial charge >= 0.3 is 0 Å². The van der Waals surface area contributed by atoms with Gasteiger partial charge < -0.3 is 4.42 Å². The zero-order chi connectivity index (χ0) is 12.4. The van der Waals surface area contributed by atoms with Crippen molar-refractivity contribution in [3.8, 4) is 22.5 Å². The second-order valence-electron chi connectivity index (χ2n) is 4.37. The predicted octanol–water partition coefficient (Wildman–Crippen LogP) is 4.92. The van der Waals surface area contributed by atoms with Gasteiger partial charge in [-0.25, -0.2) is 0 Å². The molecule has 0 aliphatic heterocycles. The van der Waals surface area contributed by atoms with Crippen LogP contribution in [0.4, 0.5) is 0 Å². The van der Waals surface area contributed by atoms with E-state index < -0.39 is 0 Å². The van der Waals surface area contributed by atoms with Crippen LogP contribution in [-0.2, 0) is 0 Å². The van der Waals surface area contributed by atoms with Crippen LogP contribution in [0.2, 0.25) is 0 Å². The number of hydrogen-bond donors (Lipinski definition) is 0. The van der Waals surface area contributed by atoms with Crippen molar-refractivity contribution in [2.75, 3.05) is 0 Å². The number of benzene rings is 2. The first-order valence-corrected chi connectivity index (χ1v) is 6.04. The molecule has 0 aliphatic carbocycles. The van der Waals surface area contributed by atoms with Crippen molar-refractivity contribution >= 4 is 0 Å². The maximum Gasteiger partial charge on any atom is 0.133 e. The highest BCUT2D eigenvalue weighted by Crippen LogP contribution is 2.26. The maximum absolute atomic E-state index is 5.39. The van der Waals surface area contributed by atoms with Crippen LogP contribution >= 0.6 is 0 Å². The van der Waals surface area contributed by atoms with Crippen molar-refractivity contribution in [1.82, 2.24) is 0 Å². The van der Waals surface area contributed by atoms with Crippen molar-refractivity contribution in [2.24, 2.45) is 0 Å². The minimum atomic E-state index is 0.909. The van der Waals surface area contributed by atoms with Gasteiger partial charge in [0, 0.05) is 5.56 Å². The normalized spacial score (nSPS) is 10.5. The van der Waals surface area contributed by atoms with E-state index in [-0.39, 0.29) is 0 Å². The van der Waals surface area contributed by atoms with Crippen molar-refractivity contribution < 1.29 is 4.42 Å². The highest BCUT2D eigenvalue weighted by Gasteiger charge is 2.03. The highest BCUT2D eigenvalue weighted by atomic mass is 16.3. The molecule has 2 aromatic carbocycles. The summed E-state index contributed by atoms with van der Waals surface area (Å²) in [7, 11) is 0. The zero-order valence-electron chi connectivity index (χ0n) is 10.3. The van der Waals surface area contributed by atoms with E-state index in [2.05, 4.69) is 55.5 Å². The summed E-state index contributed by atoms with van der Waals surface area (Å²) in [5.74, 6) is 0.909. The molecule has 0 saturated heterocycles. The van der Waals surface area contributed by atoms with E-state index in [1.807, 2.05) is 12.1 Å². The zero-order valence-corrected chi connectivity index (χ0v) is 10.3. The first kappa shape index (κ1) is 10.8. The van der Waals surface area contributed by atoms with Crippen LogP contribution in [0.25, 0.3) is 22.5 Å². The van der Waals surface area contributed by atoms with Gasteiger partial charge in [0.1, 0.15) is 5.76 Å². The minimum absolute atomic E-state index is 0.909. The second kappa shape index (κ2) is 4.53. The van der Waals surface area contributed by atoms with Gasteiger partial charge in [0.05, 0.1) is 6.26 Å². The third kappa shape index (κ3) is 1.95. The molecule has 1 aromatic heterocycles. The molecule has 0 fully saturated rings. The van der Waals surface area contributed by atoms with E-state index in [4.69, 9.17) is 4.42 Å². The fraction of sp³-hybridized carbons (Fsp3) is 0.0588. The molecule has 0 bridgehead atoms. The molecule has 1 nitrogen and oxygen atoms in total. The summed E-state index contributed by atoms with van der Waals surface area (Å²) in [6, 6.07) is 20.8. The van der Waals surface area contributed by atoms with E-state index in [0.29, 0.717) is 0 Å². The first-order valence-electron chi connectivity index (χ1n) is 6.04. The quantitative estimate of drug-likeness (QED) is 0.613. The van der Waals surface area contributed by atoms with Crippen molar-refractivity contribution in [1.29, 1.82) is 0 Å². The summed E-state index contributed by atoms with van der Waals surface area (Å²) in [5, 5.41) is 0.